The first-order valence-electron chi connectivity index (χ1n) is 5.09. The monoisotopic (exact) mass is 216 g/mol. The van der Waals surface area contributed by atoms with Gasteiger partial charge in [0, 0.05) is 5.56 Å². The number of aromatic amines is 1. The van der Waals surface area contributed by atoms with Gasteiger partial charge in [-0.25, -0.2) is 4.79 Å². The Labute approximate surface area is 92.9 Å². The minimum absolute atomic E-state index is 0.112. The minimum atomic E-state index is -0.993. The van der Waals surface area contributed by atoms with Gasteiger partial charge in [-0.15, -0.1) is 0 Å². The number of rotatable bonds is 3. The summed E-state index contributed by atoms with van der Waals surface area (Å²) in [6, 6.07) is 9.40. The molecule has 0 aliphatic rings. The number of aromatic nitrogens is 2. The fourth-order valence-corrected chi connectivity index (χ4v) is 1.65. The van der Waals surface area contributed by atoms with Crippen molar-refractivity contribution in [3.05, 3.63) is 41.6 Å². The van der Waals surface area contributed by atoms with E-state index >= 15 is 0 Å². The Bertz CT molecular complexity index is 517. The molecule has 1 heterocycles. The second-order valence-corrected chi connectivity index (χ2v) is 3.48. The van der Waals surface area contributed by atoms with Crippen molar-refractivity contribution < 1.29 is 9.90 Å². The molecule has 2 rings (SSSR count). The fraction of sp³-hybridized carbons (Fsp3) is 0.167. The molecule has 0 saturated heterocycles. The highest BCUT2D eigenvalue weighted by atomic mass is 16.4. The molecule has 0 aliphatic carbocycles. The highest BCUT2D eigenvalue weighted by Crippen LogP contribution is 2.22. The van der Waals surface area contributed by atoms with E-state index in [1.807, 2.05) is 24.3 Å². The molecule has 1 aromatic heterocycles. The SMILES string of the molecule is CCc1ccccc1-c1cc(C(=O)O)[nH]n1. The van der Waals surface area contributed by atoms with Crippen LogP contribution < -0.4 is 0 Å². The zero-order valence-electron chi connectivity index (χ0n) is 8.90. The molecule has 2 aromatic rings. The number of aryl methyl sites for hydroxylation is 1. The Kier molecular flexibility index (Phi) is 2.72. The second kappa shape index (κ2) is 4.18. The Morgan fingerprint density at radius 1 is 1.44 bits per heavy atom. The van der Waals surface area contributed by atoms with Gasteiger partial charge < -0.3 is 5.11 Å². The Balaban J connectivity index is 2.46. The fourth-order valence-electron chi connectivity index (χ4n) is 1.65. The van der Waals surface area contributed by atoms with Crippen molar-refractivity contribution >= 4 is 5.97 Å². The van der Waals surface area contributed by atoms with E-state index in [4.69, 9.17) is 5.11 Å². The standard InChI is InChI=1S/C12H12N2O2/c1-2-8-5-3-4-6-9(8)10-7-11(12(15)16)14-13-10/h3-7H,2H2,1H3,(H,13,14)(H,15,16). The van der Waals surface area contributed by atoms with Crippen LogP contribution in [0.1, 0.15) is 23.0 Å². The number of carboxylic acid groups (broad SMARTS) is 1. The van der Waals surface area contributed by atoms with Crippen molar-refractivity contribution in [2.24, 2.45) is 0 Å². The van der Waals surface area contributed by atoms with E-state index in [1.54, 1.807) is 6.07 Å². The third-order valence-electron chi connectivity index (χ3n) is 2.48. The molecule has 2 N–H and O–H groups in total. The Hall–Kier alpha value is -2.10. The lowest BCUT2D eigenvalue weighted by molar-refractivity contribution is 0.0690. The lowest BCUT2D eigenvalue weighted by Crippen LogP contribution is -1.95. The summed E-state index contributed by atoms with van der Waals surface area (Å²) in [6.07, 6.45) is 0.894. The molecule has 16 heavy (non-hydrogen) atoms. The van der Waals surface area contributed by atoms with Crippen LogP contribution in [0.2, 0.25) is 0 Å². The first-order valence-corrected chi connectivity index (χ1v) is 5.09. The molecule has 0 amide bonds. The number of nitrogens with one attached hydrogen (secondary N) is 1. The van der Waals surface area contributed by atoms with Gasteiger partial charge >= 0.3 is 5.97 Å². The molecule has 4 nitrogen and oxygen atoms in total. The van der Waals surface area contributed by atoms with Crippen LogP contribution in [0.4, 0.5) is 0 Å². The molecule has 0 unspecified atom stereocenters. The molecule has 0 saturated carbocycles. The smallest absolute Gasteiger partial charge is 0.353 e. The highest BCUT2D eigenvalue weighted by Gasteiger charge is 2.10. The van der Waals surface area contributed by atoms with Crippen molar-refractivity contribution in [1.82, 2.24) is 10.2 Å². The number of hydrogen-bond donors (Lipinski definition) is 2. The molecule has 0 fully saturated rings. The van der Waals surface area contributed by atoms with Crippen molar-refractivity contribution in [3.63, 3.8) is 0 Å². The molecule has 0 bridgehead atoms. The first kappa shape index (κ1) is 10.4. The Morgan fingerprint density at radius 2 is 2.19 bits per heavy atom. The van der Waals surface area contributed by atoms with Crippen molar-refractivity contribution in [2.45, 2.75) is 13.3 Å². The van der Waals surface area contributed by atoms with Crippen LogP contribution in [0.25, 0.3) is 11.3 Å². The zero-order valence-corrected chi connectivity index (χ0v) is 8.90. The van der Waals surface area contributed by atoms with Gasteiger partial charge in [0.05, 0.1) is 5.69 Å². The normalized spacial score (nSPS) is 10.3. The van der Waals surface area contributed by atoms with Crippen LogP contribution in [-0.4, -0.2) is 21.3 Å². The lowest BCUT2D eigenvalue weighted by Gasteiger charge is -2.03. The van der Waals surface area contributed by atoms with E-state index in [0.29, 0.717) is 5.69 Å². The van der Waals surface area contributed by atoms with Crippen LogP contribution in [0.3, 0.4) is 0 Å². The van der Waals surface area contributed by atoms with Gasteiger partial charge in [0.15, 0.2) is 0 Å². The van der Waals surface area contributed by atoms with Gasteiger partial charge in [-0.3, -0.25) is 5.10 Å². The predicted molar refractivity (Wildman–Crippen MR) is 60.4 cm³/mol. The summed E-state index contributed by atoms with van der Waals surface area (Å²) < 4.78 is 0. The van der Waals surface area contributed by atoms with E-state index < -0.39 is 5.97 Å². The molecule has 1 aromatic carbocycles. The van der Waals surface area contributed by atoms with Crippen LogP contribution in [0.15, 0.2) is 30.3 Å². The average molecular weight is 216 g/mol. The largest absolute Gasteiger partial charge is 0.477 e. The summed E-state index contributed by atoms with van der Waals surface area (Å²) in [5.74, 6) is -0.993. The third-order valence-corrected chi connectivity index (χ3v) is 2.48. The molecule has 0 radical (unpaired) electrons. The van der Waals surface area contributed by atoms with Crippen molar-refractivity contribution in [2.75, 3.05) is 0 Å². The Morgan fingerprint density at radius 3 is 2.81 bits per heavy atom. The summed E-state index contributed by atoms with van der Waals surface area (Å²) in [5, 5.41) is 15.3. The summed E-state index contributed by atoms with van der Waals surface area (Å²) >= 11 is 0. The maximum atomic E-state index is 10.7. The van der Waals surface area contributed by atoms with Crippen molar-refractivity contribution in [1.29, 1.82) is 0 Å². The predicted octanol–water partition coefficient (Wildman–Crippen LogP) is 2.34. The summed E-state index contributed by atoms with van der Waals surface area (Å²) in [6.45, 7) is 2.06. The topological polar surface area (TPSA) is 66.0 Å². The highest BCUT2D eigenvalue weighted by molar-refractivity contribution is 5.87. The summed E-state index contributed by atoms with van der Waals surface area (Å²) in [5.41, 5.74) is 2.93. The number of nitrogens with zero attached hydrogens (tertiary/aromatic N) is 1. The molecule has 4 heteroatoms. The van der Waals surface area contributed by atoms with Gasteiger partial charge in [0.2, 0.25) is 0 Å². The van der Waals surface area contributed by atoms with Gasteiger partial charge in [0.25, 0.3) is 0 Å². The van der Waals surface area contributed by atoms with Crippen LogP contribution in [-0.2, 0) is 6.42 Å². The van der Waals surface area contributed by atoms with Crippen LogP contribution >= 0.6 is 0 Å². The minimum Gasteiger partial charge on any atom is -0.477 e. The van der Waals surface area contributed by atoms with Crippen LogP contribution in [0, 0.1) is 0 Å². The first-order chi connectivity index (χ1) is 7.72. The molecule has 0 atom stereocenters. The summed E-state index contributed by atoms with van der Waals surface area (Å²) in [4.78, 5) is 10.7. The van der Waals surface area contributed by atoms with Crippen LogP contribution in [0.5, 0.6) is 0 Å². The summed E-state index contributed by atoms with van der Waals surface area (Å²) in [7, 11) is 0. The number of benzene rings is 1. The van der Waals surface area contributed by atoms with Gasteiger partial charge in [0.1, 0.15) is 5.69 Å². The maximum absolute atomic E-state index is 10.7. The number of carboxylic acids is 1. The second-order valence-electron chi connectivity index (χ2n) is 3.48. The van der Waals surface area contributed by atoms with E-state index in [-0.39, 0.29) is 5.69 Å². The number of carbonyl (C=O) groups is 1. The van der Waals surface area contributed by atoms with E-state index in [1.165, 1.54) is 0 Å². The van der Waals surface area contributed by atoms with E-state index in [2.05, 4.69) is 17.1 Å². The number of aromatic carboxylic acids is 1. The zero-order chi connectivity index (χ0) is 11.5. The molecule has 0 aliphatic heterocycles. The third kappa shape index (κ3) is 1.82. The van der Waals surface area contributed by atoms with Crippen molar-refractivity contribution in [3.8, 4) is 11.3 Å². The molecular weight excluding hydrogens is 204 g/mol. The average Bonchev–Trinajstić information content (AvgIpc) is 2.78. The van der Waals surface area contributed by atoms with Gasteiger partial charge in [-0.2, -0.15) is 5.10 Å². The quantitative estimate of drug-likeness (QED) is 0.827. The molecule has 0 spiro atoms. The maximum Gasteiger partial charge on any atom is 0.353 e. The molecule has 82 valence electrons. The van der Waals surface area contributed by atoms with E-state index in [0.717, 1.165) is 17.5 Å². The van der Waals surface area contributed by atoms with Gasteiger partial charge in [-0.1, -0.05) is 31.2 Å². The molecular formula is C12H12N2O2. The number of hydrogen-bond acceptors (Lipinski definition) is 2. The lowest BCUT2D eigenvalue weighted by atomic mass is 10.0. The van der Waals surface area contributed by atoms with E-state index in [9.17, 15) is 4.79 Å². The van der Waals surface area contributed by atoms with Gasteiger partial charge in [-0.05, 0) is 18.1 Å². The number of H-pyrrole nitrogens is 1.